The van der Waals surface area contributed by atoms with Gasteiger partial charge in [-0.25, -0.2) is 0 Å². The molecule has 1 N–H and O–H groups in total. The van der Waals surface area contributed by atoms with Crippen molar-refractivity contribution in [3.8, 4) is 0 Å². The SMILES string of the molecule is Cc1nn(Cc2ccc(Cl)cc2)c(C)c1NC(=O)Cn1ccc(C(F)(F)F)n1. The van der Waals surface area contributed by atoms with Crippen LogP contribution in [0.5, 0.6) is 0 Å². The Hall–Kier alpha value is -2.81. The smallest absolute Gasteiger partial charge is 0.321 e. The van der Waals surface area contributed by atoms with Gasteiger partial charge in [-0.2, -0.15) is 23.4 Å². The van der Waals surface area contributed by atoms with Crippen LogP contribution in [0, 0.1) is 13.8 Å². The number of benzene rings is 1. The van der Waals surface area contributed by atoms with Crippen LogP contribution in [-0.2, 0) is 24.1 Å². The minimum atomic E-state index is -4.54. The number of hydrogen-bond donors (Lipinski definition) is 1. The molecule has 0 saturated heterocycles. The van der Waals surface area contributed by atoms with E-state index in [1.807, 2.05) is 12.1 Å². The van der Waals surface area contributed by atoms with E-state index in [0.29, 0.717) is 22.9 Å². The van der Waals surface area contributed by atoms with Gasteiger partial charge in [-0.3, -0.25) is 14.2 Å². The second-order valence-electron chi connectivity index (χ2n) is 6.27. The normalized spacial score (nSPS) is 11.6. The summed E-state index contributed by atoms with van der Waals surface area (Å²) >= 11 is 5.89. The van der Waals surface area contributed by atoms with E-state index in [1.54, 1.807) is 30.7 Å². The van der Waals surface area contributed by atoms with Gasteiger partial charge in [0.2, 0.25) is 5.91 Å². The number of halogens is 4. The molecule has 28 heavy (non-hydrogen) atoms. The summed E-state index contributed by atoms with van der Waals surface area (Å²) in [5.74, 6) is -0.492. The molecule has 2 heterocycles. The van der Waals surface area contributed by atoms with Gasteiger partial charge in [-0.15, -0.1) is 0 Å². The van der Waals surface area contributed by atoms with Gasteiger partial charge < -0.3 is 5.32 Å². The Labute approximate surface area is 163 Å². The van der Waals surface area contributed by atoms with E-state index >= 15 is 0 Å². The number of anilines is 1. The van der Waals surface area contributed by atoms with Crippen molar-refractivity contribution < 1.29 is 18.0 Å². The Bertz CT molecular complexity index is 992. The van der Waals surface area contributed by atoms with Crippen LogP contribution in [0.1, 0.15) is 22.6 Å². The van der Waals surface area contributed by atoms with Crippen LogP contribution in [0.15, 0.2) is 36.5 Å². The average molecular weight is 412 g/mol. The molecule has 0 spiro atoms. The molecular weight excluding hydrogens is 395 g/mol. The number of aromatic nitrogens is 4. The second kappa shape index (κ2) is 7.67. The van der Waals surface area contributed by atoms with Crippen molar-refractivity contribution in [3.05, 3.63) is 64.2 Å². The van der Waals surface area contributed by atoms with E-state index in [1.165, 1.54) is 0 Å². The molecule has 0 radical (unpaired) electrons. The van der Waals surface area contributed by atoms with E-state index in [-0.39, 0.29) is 6.54 Å². The predicted molar refractivity (Wildman–Crippen MR) is 98.1 cm³/mol. The highest BCUT2D eigenvalue weighted by Crippen LogP contribution is 2.27. The summed E-state index contributed by atoms with van der Waals surface area (Å²) in [5.41, 5.74) is 1.82. The molecule has 0 saturated carbocycles. The molecule has 3 rings (SSSR count). The summed E-state index contributed by atoms with van der Waals surface area (Å²) in [4.78, 5) is 12.2. The molecule has 0 bridgehead atoms. The van der Waals surface area contributed by atoms with Gasteiger partial charge in [0.1, 0.15) is 6.54 Å². The van der Waals surface area contributed by atoms with Gasteiger partial charge >= 0.3 is 6.18 Å². The third kappa shape index (κ3) is 4.53. The Morgan fingerprint density at radius 1 is 1.14 bits per heavy atom. The highest BCUT2D eigenvalue weighted by Gasteiger charge is 2.33. The Morgan fingerprint density at radius 2 is 1.82 bits per heavy atom. The number of nitrogens with zero attached hydrogens (tertiary/aromatic N) is 4. The van der Waals surface area contributed by atoms with Crippen LogP contribution in [-0.4, -0.2) is 25.5 Å². The second-order valence-corrected chi connectivity index (χ2v) is 6.71. The molecular formula is C18H17ClF3N5O. The summed E-state index contributed by atoms with van der Waals surface area (Å²) in [6.07, 6.45) is -3.43. The van der Waals surface area contributed by atoms with E-state index in [9.17, 15) is 18.0 Å². The minimum absolute atomic E-state index is 0.336. The topological polar surface area (TPSA) is 64.7 Å². The Morgan fingerprint density at radius 3 is 2.43 bits per heavy atom. The molecule has 10 heteroatoms. The van der Waals surface area contributed by atoms with Gasteiger partial charge in [0.05, 0.1) is 23.6 Å². The molecule has 0 aliphatic carbocycles. The Kier molecular flexibility index (Phi) is 5.46. The lowest BCUT2D eigenvalue weighted by molar-refractivity contribution is -0.141. The quantitative estimate of drug-likeness (QED) is 0.688. The molecule has 3 aromatic rings. The zero-order valence-electron chi connectivity index (χ0n) is 15.1. The maximum Gasteiger partial charge on any atom is 0.435 e. The first kappa shape index (κ1) is 19.9. The zero-order chi connectivity index (χ0) is 20.5. The van der Waals surface area contributed by atoms with Crippen LogP contribution in [0.25, 0.3) is 0 Å². The molecule has 0 unspecified atom stereocenters. The predicted octanol–water partition coefficient (Wildman–Crippen LogP) is 4.06. The van der Waals surface area contributed by atoms with Crippen molar-refractivity contribution >= 4 is 23.2 Å². The summed E-state index contributed by atoms with van der Waals surface area (Å²) in [6.45, 7) is 3.71. The highest BCUT2D eigenvalue weighted by atomic mass is 35.5. The summed E-state index contributed by atoms with van der Waals surface area (Å²) in [5, 5.41) is 11.1. The summed E-state index contributed by atoms with van der Waals surface area (Å²) in [6, 6.07) is 8.16. The molecule has 6 nitrogen and oxygen atoms in total. The van der Waals surface area contributed by atoms with Gasteiger partial charge in [0, 0.05) is 11.2 Å². The minimum Gasteiger partial charge on any atom is -0.321 e. The number of alkyl halides is 3. The third-order valence-corrected chi connectivity index (χ3v) is 4.38. The summed E-state index contributed by atoms with van der Waals surface area (Å²) in [7, 11) is 0. The fraction of sp³-hybridized carbons (Fsp3) is 0.278. The third-order valence-electron chi connectivity index (χ3n) is 4.13. The lowest BCUT2D eigenvalue weighted by atomic mass is 10.2. The molecule has 148 valence electrons. The van der Waals surface area contributed by atoms with Crippen LogP contribution in [0.4, 0.5) is 18.9 Å². The fourth-order valence-electron chi connectivity index (χ4n) is 2.72. The number of rotatable bonds is 5. The molecule has 2 aromatic heterocycles. The zero-order valence-corrected chi connectivity index (χ0v) is 15.8. The van der Waals surface area contributed by atoms with E-state index in [4.69, 9.17) is 11.6 Å². The van der Waals surface area contributed by atoms with Crippen molar-refractivity contribution in [2.24, 2.45) is 0 Å². The summed E-state index contributed by atoms with van der Waals surface area (Å²) < 4.78 is 40.5. The lowest BCUT2D eigenvalue weighted by Crippen LogP contribution is -2.20. The standard InChI is InChI=1S/C18H17ClF3N5O/c1-11-17(12(2)27(24-11)9-13-3-5-14(19)6-4-13)23-16(28)10-26-8-7-15(25-26)18(20,21)22/h3-8H,9-10H2,1-2H3,(H,23,28). The largest absolute Gasteiger partial charge is 0.435 e. The maximum atomic E-state index is 12.6. The number of amides is 1. The van der Waals surface area contributed by atoms with Crippen molar-refractivity contribution in [2.45, 2.75) is 33.1 Å². The van der Waals surface area contributed by atoms with Crippen molar-refractivity contribution in [1.29, 1.82) is 0 Å². The number of carbonyl (C=O) groups excluding carboxylic acids is 1. The van der Waals surface area contributed by atoms with Gasteiger partial charge in [0.25, 0.3) is 0 Å². The van der Waals surface area contributed by atoms with Crippen LogP contribution < -0.4 is 5.32 Å². The van der Waals surface area contributed by atoms with Crippen molar-refractivity contribution in [3.63, 3.8) is 0 Å². The number of carbonyl (C=O) groups is 1. The lowest BCUT2D eigenvalue weighted by Gasteiger charge is -2.08. The van der Waals surface area contributed by atoms with Crippen molar-refractivity contribution in [1.82, 2.24) is 19.6 Å². The van der Waals surface area contributed by atoms with E-state index in [2.05, 4.69) is 15.5 Å². The van der Waals surface area contributed by atoms with Gasteiger partial charge in [-0.05, 0) is 37.6 Å². The van der Waals surface area contributed by atoms with Gasteiger partial charge in [-0.1, -0.05) is 23.7 Å². The molecule has 0 aliphatic rings. The Balaban J connectivity index is 1.70. The maximum absolute atomic E-state index is 12.6. The fourth-order valence-corrected chi connectivity index (χ4v) is 2.85. The van der Waals surface area contributed by atoms with E-state index < -0.39 is 17.8 Å². The monoisotopic (exact) mass is 411 g/mol. The van der Waals surface area contributed by atoms with Crippen molar-refractivity contribution in [2.75, 3.05) is 5.32 Å². The first-order chi connectivity index (χ1) is 13.1. The average Bonchev–Trinajstić information content (AvgIpc) is 3.17. The molecule has 0 aliphatic heterocycles. The van der Waals surface area contributed by atoms with Gasteiger partial charge in [0.15, 0.2) is 5.69 Å². The van der Waals surface area contributed by atoms with E-state index in [0.717, 1.165) is 28.2 Å². The molecule has 1 aromatic carbocycles. The highest BCUT2D eigenvalue weighted by molar-refractivity contribution is 6.30. The number of aryl methyl sites for hydroxylation is 1. The van der Waals surface area contributed by atoms with Crippen LogP contribution >= 0.6 is 11.6 Å². The number of nitrogens with one attached hydrogen (secondary N) is 1. The number of hydrogen-bond acceptors (Lipinski definition) is 3. The van der Waals surface area contributed by atoms with Crippen LogP contribution in [0.3, 0.4) is 0 Å². The first-order valence-corrected chi connectivity index (χ1v) is 8.70. The molecule has 1 amide bonds. The molecule has 0 atom stereocenters. The first-order valence-electron chi connectivity index (χ1n) is 8.32. The van der Waals surface area contributed by atoms with Crippen LogP contribution in [0.2, 0.25) is 5.02 Å². The molecule has 0 fully saturated rings.